The van der Waals surface area contributed by atoms with Gasteiger partial charge in [-0.25, -0.2) is 19.0 Å². The van der Waals surface area contributed by atoms with Crippen LogP contribution in [-0.4, -0.2) is 22.2 Å². The zero-order valence-corrected chi connectivity index (χ0v) is 13.7. The molecule has 1 fully saturated rings. The number of hydrogen-bond donors (Lipinski definition) is 2. The van der Waals surface area contributed by atoms with E-state index in [1.165, 1.54) is 0 Å². The maximum Gasteiger partial charge on any atom is 0.408 e. The van der Waals surface area contributed by atoms with Crippen LogP contribution in [-0.2, 0) is 16.9 Å². The average molecular weight is 365 g/mol. The number of halogens is 2. The third-order valence-corrected chi connectivity index (χ3v) is 4.21. The molecule has 1 aliphatic carbocycles. The van der Waals surface area contributed by atoms with E-state index < -0.39 is 29.0 Å². The number of rotatable bonds is 5. The smallest absolute Gasteiger partial charge is 0.408 e. The van der Waals surface area contributed by atoms with E-state index in [1.54, 1.807) is 0 Å². The van der Waals surface area contributed by atoms with Crippen LogP contribution in [0.1, 0.15) is 34.5 Å². The Hall–Kier alpha value is -2.67. The summed E-state index contributed by atoms with van der Waals surface area (Å²) in [6, 6.07) is 9.93. The van der Waals surface area contributed by atoms with E-state index in [0.717, 1.165) is 11.6 Å². The van der Waals surface area contributed by atoms with Crippen molar-refractivity contribution in [3.05, 3.63) is 64.2 Å². The highest BCUT2D eigenvalue weighted by Gasteiger charge is 2.50. The number of nitrogens with one attached hydrogen (secondary N) is 1. The number of benzene rings is 1. The summed E-state index contributed by atoms with van der Waals surface area (Å²) in [4.78, 5) is 26.8. The standard InChI is InChI=1S/C17H14ClFN2O4/c18-14-11(15(22)23)8-12(19)13(20-14)17(6-7-17)21-16(24)25-9-10-4-2-1-3-5-10/h1-5,8H,6-7,9H2,(H,21,24)(H,22,23). The fourth-order valence-corrected chi connectivity index (χ4v) is 2.67. The normalized spacial score (nSPS) is 14.6. The van der Waals surface area contributed by atoms with Gasteiger partial charge in [0.25, 0.3) is 0 Å². The lowest BCUT2D eigenvalue weighted by atomic mass is 10.1. The molecule has 1 amide bonds. The van der Waals surface area contributed by atoms with Crippen molar-refractivity contribution in [3.63, 3.8) is 0 Å². The van der Waals surface area contributed by atoms with Crippen molar-refractivity contribution in [3.8, 4) is 0 Å². The van der Waals surface area contributed by atoms with E-state index in [4.69, 9.17) is 21.4 Å². The predicted octanol–water partition coefficient (Wildman–Crippen LogP) is 3.49. The van der Waals surface area contributed by atoms with Crippen molar-refractivity contribution >= 4 is 23.7 Å². The van der Waals surface area contributed by atoms with Crippen LogP contribution in [0.15, 0.2) is 36.4 Å². The zero-order valence-electron chi connectivity index (χ0n) is 13.0. The second-order valence-corrected chi connectivity index (χ2v) is 6.09. The van der Waals surface area contributed by atoms with Crippen LogP contribution in [0.3, 0.4) is 0 Å². The molecule has 2 N–H and O–H groups in total. The van der Waals surface area contributed by atoms with Crippen molar-refractivity contribution in [2.24, 2.45) is 0 Å². The Kier molecular flexibility index (Phi) is 4.59. The van der Waals surface area contributed by atoms with Crippen LogP contribution in [0.2, 0.25) is 5.15 Å². The Labute approximate surface area is 147 Å². The number of aromatic nitrogens is 1. The van der Waals surface area contributed by atoms with Crippen molar-refractivity contribution in [1.82, 2.24) is 10.3 Å². The Morgan fingerprint density at radius 2 is 2.00 bits per heavy atom. The summed E-state index contributed by atoms with van der Waals surface area (Å²) in [7, 11) is 0. The number of ether oxygens (including phenoxy) is 1. The minimum absolute atomic E-state index is 0.0807. The average Bonchev–Trinajstić information content (AvgIpc) is 3.36. The largest absolute Gasteiger partial charge is 0.478 e. The van der Waals surface area contributed by atoms with Gasteiger partial charge in [0, 0.05) is 0 Å². The van der Waals surface area contributed by atoms with E-state index in [0.29, 0.717) is 12.8 Å². The summed E-state index contributed by atoms with van der Waals surface area (Å²) >= 11 is 5.81. The number of alkyl carbamates (subject to hydrolysis) is 1. The number of carboxylic acid groups (broad SMARTS) is 1. The van der Waals surface area contributed by atoms with Crippen LogP contribution >= 0.6 is 11.6 Å². The van der Waals surface area contributed by atoms with Crippen molar-refractivity contribution < 1.29 is 23.8 Å². The molecule has 130 valence electrons. The van der Waals surface area contributed by atoms with Crippen LogP contribution in [0, 0.1) is 5.82 Å². The molecule has 0 unspecified atom stereocenters. The van der Waals surface area contributed by atoms with Gasteiger partial charge in [-0.05, 0) is 24.5 Å². The molecule has 1 aromatic heterocycles. The highest BCUT2D eigenvalue weighted by molar-refractivity contribution is 6.32. The Morgan fingerprint density at radius 3 is 2.60 bits per heavy atom. The van der Waals surface area contributed by atoms with E-state index in [9.17, 15) is 14.0 Å². The van der Waals surface area contributed by atoms with Crippen molar-refractivity contribution in [2.45, 2.75) is 25.0 Å². The number of nitrogens with zero attached hydrogens (tertiary/aromatic N) is 1. The first-order valence-electron chi connectivity index (χ1n) is 7.50. The van der Waals surface area contributed by atoms with Gasteiger partial charge in [0.05, 0.1) is 11.1 Å². The minimum Gasteiger partial charge on any atom is -0.478 e. The quantitative estimate of drug-likeness (QED) is 0.793. The first-order valence-corrected chi connectivity index (χ1v) is 7.88. The summed E-state index contributed by atoms with van der Waals surface area (Å²) in [6.45, 7) is 0.0807. The third kappa shape index (κ3) is 3.71. The molecule has 3 rings (SSSR count). The number of hydrogen-bond acceptors (Lipinski definition) is 4. The first kappa shape index (κ1) is 17.2. The Balaban J connectivity index is 1.71. The second kappa shape index (κ2) is 6.68. The fraction of sp³-hybridized carbons (Fsp3) is 0.235. The van der Waals surface area contributed by atoms with Crippen molar-refractivity contribution in [2.75, 3.05) is 0 Å². The van der Waals surface area contributed by atoms with Gasteiger partial charge in [-0.2, -0.15) is 0 Å². The summed E-state index contributed by atoms with van der Waals surface area (Å²) in [5, 5.41) is 11.2. The Morgan fingerprint density at radius 1 is 1.32 bits per heavy atom. The number of carbonyl (C=O) groups is 2. The van der Waals surface area contributed by atoms with Gasteiger partial charge in [-0.1, -0.05) is 41.9 Å². The van der Waals surface area contributed by atoms with Gasteiger partial charge >= 0.3 is 12.1 Å². The number of amides is 1. The van der Waals surface area contributed by atoms with Gasteiger partial charge < -0.3 is 15.2 Å². The first-order chi connectivity index (χ1) is 11.9. The lowest BCUT2D eigenvalue weighted by Gasteiger charge is -2.18. The molecule has 2 aromatic rings. The fourth-order valence-electron chi connectivity index (χ4n) is 2.45. The minimum atomic E-state index is -1.37. The lowest BCUT2D eigenvalue weighted by molar-refractivity contribution is 0.0695. The number of pyridine rings is 1. The molecule has 1 aliphatic rings. The number of carbonyl (C=O) groups excluding carboxylic acids is 1. The van der Waals surface area contributed by atoms with Gasteiger partial charge in [-0.15, -0.1) is 0 Å². The molecule has 0 radical (unpaired) electrons. The maximum absolute atomic E-state index is 14.3. The van der Waals surface area contributed by atoms with Crippen molar-refractivity contribution in [1.29, 1.82) is 0 Å². The van der Waals surface area contributed by atoms with Gasteiger partial charge in [-0.3, -0.25) is 0 Å². The molecule has 0 saturated heterocycles. The van der Waals surface area contributed by atoms with Gasteiger partial charge in [0.15, 0.2) is 0 Å². The molecule has 0 atom stereocenters. The molecule has 0 bridgehead atoms. The molecule has 1 saturated carbocycles. The highest BCUT2D eigenvalue weighted by Crippen LogP contribution is 2.46. The maximum atomic E-state index is 14.3. The number of carboxylic acids is 1. The Bertz CT molecular complexity index is 825. The summed E-state index contributed by atoms with van der Waals surface area (Å²) in [5.41, 5.74) is -0.705. The zero-order chi connectivity index (χ0) is 18.0. The van der Waals surface area contributed by atoms with Crippen LogP contribution in [0.25, 0.3) is 0 Å². The molecule has 1 heterocycles. The topological polar surface area (TPSA) is 88.5 Å². The second-order valence-electron chi connectivity index (χ2n) is 5.73. The van der Waals surface area contributed by atoms with Crippen LogP contribution in [0.5, 0.6) is 0 Å². The third-order valence-electron chi connectivity index (χ3n) is 3.92. The van der Waals surface area contributed by atoms with Crippen LogP contribution < -0.4 is 5.32 Å². The van der Waals surface area contributed by atoms with Gasteiger partial charge in [0.1, 0.15) is 23.3 Å². The number of aromatic carboxylic acids is 1. The highest BCUT2D eigenvalue weighted by atomic mass is 35.5. The molecule has 25 heavy (non-hydrogen) atoms. The molecule has 0 aliphatic heterocycles. The van der Waals surface area contributed by atoms with E-state index in [2.05, 4.69) is 10.3 Å². The SMILES string of the molecule is O=C(NC1(c2nc(Cl)c(C(=O)O)cc2F)CC1)OCc1ccccc1. The summed E-state index contributed by atoms with van der Waals surface area (Å²) in [5.74, 6) is -2.20. The van der Waals surface area contributed by atoms with E-state index in [1.807, 2.05) is 30.3 Å². The van der Waals surface area contributed by atoms with Gasteiger partial charge in [0.2, 0.25) is 0 Å². The lowest BCUT2D eigenvalue weighted by Crippen LogP contribution is -2.36. The predicted molar refractivity (Wildman–Crippen MR) is 86.8 cm³/mol. The molecule has 0 spiro atoms. The summed E-state index contributed by atoms with van der Waals surface area (Å²) < 4.78 is 19.4. The molecule has 6 nitrogen and oxygen atoms in total. The monoisotopic (exact) mass is 364 g/mol. The summed E-state index contributed by atoms with van der Waals surface area (Å²) in [6.07, 6.45) is 0.209. The molecule has 1 aromatic carbocycles. The van der Waals surface area contributed by atoms with E-state index >= 15 is 0 Å². The van der Waals surface area contributed by atoms with E-state index in [-0.39, 0.29) is 17.5 Å². The molecular formula is C17H14ClFN2O4. The molecule has 8 heteroatoms. The molecular weight excluding hydrogens is 351 g/mol. The van der Waals surface area contributed by atoms with Crippen LogP contribution in [0.4, 0.5) is 9.18 Å².